The van der Waals surface area contributed by atoms with E-state index < -0.39 is 0 Å². The number of anilines is 1. The zero-order chi connectivity index (χ0) is 19.9. The Morgan fingerprint density at radius 1 is 1.00 bits per heavy atom. The summed E-state index contributed by atoms with van der Waals surface area (Å²) in [5.41, 5.74) is 1.97. The number of nitriles is 1. The molecule has 1 aliphatic rings. The van der Waals surface area contributed by atoms with Crippen molar-refractivity contribution in [2.75, 3.05) is 45.3 Å². The molecule has 2 aromatic rings. The molecule has 1 amide bonds. The van der Waals surface area contributed by atoms with Gasteiger partial charge in [0.2, 0.25) is 0 Å². The van der Waals surface area contributed by atoms with Gasteiger partial charge in [-0.15, -0.1) is 0 Å². The van der Waals surface area contributed by atoms with Gasteiger partial charge in [0.05, 0.1) is 14.2 Å². The molecule has 28 heavy (non-hydrogen) atoms. The van der Waals surface area contributed by atoms with Crippen LogP contribution < -0.4 is 14.4 Å². The summed E-state index contributed by atoms with van der Waals surface area (Å²) in [6.07, 6.45) is 1.59. The summed E-state index contributed by atoms with van der Waals surface area (Å²) in [5, 5.41) is 9.51. The Morgan fingerprint density at radius 2 is 1.68 bits per heavy atom. The standard InChI is InChI=1S/C22H23N3O3/c1-27-20-9-8-17(15-21(20)28-2)14-18(16-23)22(26)25-12-10-24(11-13-25)19-6-4-3-5-7-19/h3-9,14-15H,10-13H2,1-2H3/b18-14-. The molecule has 0 bridgehead atoms. The average Bonchev–Trinajstić information content (AvgIpc) is 2.77. The van der Waals surface area contributed by atoms with Gasteiger partial charge in [-0.1, -0.05) is 24.3 Å². The van der Waals surface area contributed by atoms with Crippen LogP contribution in [0.4, 0.5) is 5.69 Å². The number of amides is 1. The third-order valence-corrected chi connectivity index (χ3v) is 4.76. The molecule has 0 unspecified atom stereocenters. The Hall–Kier alpha value is -3.46. The van der Waals surface area contributed by atoms with Crippen LogP contribution in [-0.2, 0) is 4.79 Å². The predicted molar refractivity (Wildman–Crippen MR) is 108 cm³/mol. The monoisotopic (exact) mass is 377 g/mol. The number of nitrogens with zero attached hydrogens (tertiary/aromatic N) is 3. The number of carbonyl (C=O) groups excluding carboxylic acids is 1. The summed E-state index contributed by atoms with van der Waals surface area (Å²) in [4.78, 5) is 16.8. The van der Waals surface area contributed by atoms with Gasteiger partial charge in [-0.2, -0.15) is 5.26 Å². The molecule has 6 nitrogen and oxygen atoms in total. The van der Waals surface area contributed by atoms with Crippen molar-refractivity contribution in [2.24, 2.45) is 0 Å². The quantitative estimate of drug-likeness (QED) is 0.592. The topological polar surface area (TPSA) is 65.8 Å². The fourth-order valence-corrected chi connectivity index (χ4v) is 3.23. The van der Waals surface area contributed by atoms with E-state index in [1.165, 1.54) is 0 Å². The molecular weight excluding hydrogens is 354 g/mol. The van der Waals surface area contributed by atoms with E-state index in [4.69, 9.17) is 9.47 Å². The molecule has 1 fully saturated rings. The largest absolute Gasteiger partial charge is 0.493 e. The number of hydrogen-bond donors (Lipinski definition) is 0. The number of benzene rings is 2. The number of ether oxygens (including phenoxy) is 2. The van der Waals surface area contributed by atoms with Gasteiger partial charge in [0, 0.05) is 31.9 Å². The van der Waals surface area contributed by atoms with Crippen LogP contribution in [0.3, 0.4) is 0 Å². The molecule has 0 atom stereocenters. The molecule has 1 aliphatic heterocycles. The van der Waals surface area contributed by atoms with Crippen LogP contribution in [0.2, 0.25) is 0 Å². The number of carbonyl (C=O) groups is 1. The first-order valence-electron chi connectivity index (χ1n) is 9.09. The van der Waals surface area contributed by atoms with Gasteiger partial charge >= 0.3 is 0 Å². The molecule has 144 valence electrons. The van der Waals surface area contributed by atoms with Crippen LogP contribution in [-0.4, -0.2) is 51.2 Å². The molecule has 1 heterocycles. The van der Waals surface area contributed by atoms with Crippen molar-refractivity contribution in [3.8, 4) is 17.6 Å². The fraction of sp³-hybridized carbons (Fsp3) is 0.273. The van der Waals surface area contributed by atoms with Crippen LogP contribution in [0.5, 0.6) is 11.5 Å². The number of rotatable bonds is 5. The predicted octanol–water partition coefficient (Wildman–Crippen LogP) is 2.96. The van der Waals surface area contributed by atoms with Crippen molar-refractivity contribution in [3.63, 3.8) is 0 Å². The second kappa shape index (κ2) is 8.96. The Kier molecular flexibility index (Phi) is 6.18. The second-order valence-electron chi connectivity index (χ2n) is 6.40. The summed E-state index contributed by atoms with van der Waals surface area (Å²) in [6.45, 7) is 2.65. The van der Waals surface area contributed by atoms with Crippen LogP contribution >= 0.6 is 0 Å². The Morgan fingerprint density at radius 3 is 2.29 bits per heavy atom. The maximum atomic E-state index is 12.8. The van der Waals surface area contributed by atoms with Crippen LogP contribution in [0.15, 0.2) is 54.1 Å². The van der Waals surface area contributed by atoms with Gasteiger partial charge in [-0.25, -0.2) is 0 Å². The van der Waals surface area contributed by atoms with Gasteiger partial charge in [0.25, 0.3) is 5.91 Å². The third kappa shape index (κ3) is 4.26. The van der Waals surface area contributed by atoms with Crippen molar-refractivity contribution < 1.29 is 14.3 Å². The molecule has 6 heteroatoms. The highest BCUT2D eigenvalue weighted by Gasteiger charge is 2.23. The lowest BCUT2D eigenvalue weighted by Crippen LogP contribution is -2.49. The smallest absolute Gasteiger partial charge is 0.264 e. The number of hydrogen-bond acceptors (Lipinski definition) is 5. The minimum absolute atomic E-state index is 0.111. The van der Waals surface area contributed by atoms with E-state index in [-0.39, 0.29) is 11.5 Å². The van der Waals surface area contributed by atoms with Crippen LogP contribution in [0, 0.1) is 11.3 Å². The van der Waals surface area contributed by atoms with Crippen LogP contribution in [0.1, 0.15) is 5.56 Å². The van der Waals surface area contributed by atoms with E-state index in [2.05, 4.69) is 17.0 Å². The lowest BCUT2D eigenvalue weighted by molar-refractivity contribution is -0.126. The summed E-state index contributed by atoms with van der Waals surface area (Å²) in [7, 11) is 3.11. The summed E-state index contributed by atoms with van der Waals surface area (Å²) < 4.78 is 10.5. The molecular formula is C22H23N3O3. The van der Waals surface area contributed by atoms with Gasteiger partial charge < -0.3 is 19.3 Å². The summed E-state index contributed by atoms with van der Waals surface area (Å²) in [6, 6.07) is 17.5. The summed E-state index contributed by atoms with van der Waals surface area (Å²) >= 11 is 0. The van der Waals surface area contributed by atoms with E-state index in [1.54, 1.807) is 43.4 Å². The van der Waals surface area contributed by atoms with Crippen LogP contribution in [0.25, 0.3) is 6.08 Å². The molecule has 3 rings (SSSR count). The maximum absolute atomic E-state index is 12.8. The molecule has 0 N–H and O–H groups in total. The third-order valence-electron chi connectivity index (χ3n) is 4.76. The lowest BCUT2D eigenvalue weighted by Gasteiger charge is -2.36. The molecule has 1 saturated heterocycles. The maximum Gasteiger partial charge on any atom is 0.264 e. The number of methoxy groups -OCH3 is 2. The normalized spacial score (nSPS) is 14.4. The molecule has 0 aliphatic carbocycles. The van der Waals surface area contributed by atoms with Gasteiger partial charge in [0.1, 0.15) is 11.6 Å². The lowest BCUT2D eigenvalue weighted by atomic mass is 10.1. The zero-order valence-corrected chi connectivity index (χ0v) is 16.1. The molecule has 0 saturated carbocycles. The van der Waals surface area contributed by atoms with Gasteiger partial charge in [-0.05, 0) is 35.9 Å². The van der Waals surface area contributed by atoms with E-state index in [0.29, 0.717) is 30.2 Å². The zero-order valence-electron chi connectivity index (χ0n) is 16.1. The average molecular weight is 377 g/mol. The first kappa shape index (κ1) is 19.3. The van der Waals surface area contributed by atoms with Gasteiger partial charge in [-0.3, -0.25) is 4.79 Å². The van der Waals surface area contributed by atoms with Crippen molar-refractivity contribution in [2.45, 2.75) is 0 Å². The van der Waals surface area contributed by atoms with Crippen molar-refractivity contribution >= 4 is 17.7 Å². The van der Waals surface area contributed by atoms with E-state index >= 15 is 0 Å². The van der Waals surface area contributed by atoms with Gasteiger partial charge in [0.15, 0.2) is 11.5 Å². The SMILES string of the molecule is COc1ccc(/C=C(/C#N)C(=O)N2CCN(c3ccccc3)CC2)cc1OC. The Balaban J connectivity index is 1.71. The Bertz CT molecular complexity index is 895. The molecule has 0 spiro atoms. The first-order chi connectivity index (χ1) is 13.7. The highest BCUT2D eigenvalue weighted by molar-refractivity contribution is 6.01. The fourth-order valence-electron chi connectivity index (χ4n) is 3.23. The minimum Gasteiger partial charge on any atom is -0.493 e. The van der Waals surface area contributed by atoms with Crippen molar-refractivity contribution in [1.29, 1.82) is 5.26 Å². The second-order valence-corrected chi connectivity index (χ2v) is 6.40. The summed E-state index contributed by atoms with van der Waals surface area (Å²) in [5.74, 6) is 0.906. The van der Waals surface area contributed by atoms with Crippen molar-refractivity contribution in [1.82, 2.24) is 4.90 Å². The first-order valence-corrected chi connectivity index (χ1v) is 9.09. The number of para-hydroxylation sites is 1. The van der Waals surface area contributed by atoms with Crippen molar-refractivity contribution in [3.05, 3.63) is 59.7 Å². The van der Waals surface area contributed by atoms with E-state index in [1.807, 2.05) is 24.3 Å². The molecule has 0 aromatic heterocycles. The Labute approximate surface area is 165 Å². The number of piperazine rings is 1. The molecule has 2 aromatic carbocycles. The highest BCUT2D eigenvalue weighted by Crippen LogP contribution is 2.28. The van der Waals surface area contributed by atoms with E-state index in [9.17, 15) is 10.1 Å². The van der Waals surface area contributed by atoms with E-state index in [0.717, 1.165) is 18.8 Å². The molecule has 0 radical (unpaired) electrons. The highest BCUT2D eigenvalue weighted by atomic mass is 16.5. The minimum atomic E-state index is -0.245.